The number of ether oxygens (including phenoxy) is 1. The molecular formula is C19H18ClN3O2S. The van der Waals surface area contributed by atoms with Gasteiger partial charge in [0, 0.05) is 5.02 Å². The molecule has 0 radical (unpaired) electrons. The van der Waals surface area contributed by atoms with Gasteiger partial charge in [0.2, 0.25) is 5.91 Å². The normalized spacial score (nSPS) is 18.9. The summed E-state index contributed by atoms with van der Waals surface area (Å²) in [7, 11) is 1.63. The predicted molar refractivity (Wildman–Crippen MR) is 107 cm³/mol. The Balaban J connectivity index is 1.65. The first-order valence-electron chi connectivity index (χ1n) is 8.04. The molecule has 1 unspecified atom stereocenters. The fraction of sp³-hybridized carbons (Fsp3) is 0.211. The second kappa shape index (κ2) is 8.38. The third-order valence-electron chi connectivity index (χ3n) is 3.91. The van der Waals surface area contributed by atoms with Crippen molar-refractivity contribution in [2.24, 2.45) is 10.2 Å². The first-order chi connectivity index (χ1) is 12.5. The molecule has 0 spiro atoms. The van der Waals surface area contributed by atoms with E-state index in [0.717, 1.165) is 22.6 Å². The van der Waals surface area contributed by atoms with Crippen molar-refractivity contribution in [3.05, 3.63) is 64.7 Å². The van der Waals surface area contributed by atoms with Crippen LogP contribution in [0.3, 0.4) is 0 Å². The number of rotatable bonds is 5. The summed E-state index contributed by atoms with van der Waals surface area (Å²) in [4.78, 5) is 12.1. The Hall–Kier alpha value is -2.31. The van der Waals surface area contributed by atoms with Gasteiger partial charge in [-0.3, -0.25) is 4.79 Å². The van der Waals surface area contributed by atoms with Crippen LogP contribution in [-0.2, 0) is 11.2 Å². The first kappa shape index (κ1) is 18.5. The van der Waals surface area contributed by atoms with Gasteiger partial charge in [-0.25, -0.2) is 0 Å². The van der Waals surface area contributed by atoms with Crippen molar-refractivity contribution in [1.29, 1.82) is 0 Å². The van der Waals surface area contributed by atoms with E-state index in [4.69, 9.17) is 16.3 Å². The van der Waals surface area contributed by atoms with Crippen molar-refractivity contribution in [3.8, 4) is 5.75 Å². The average Bonchev–Trinajstić information content (AvgIpc) is 3.01. The summed E-state index contributed by atoms with van der Waals surface area (Å²) in [5.41, 5.74) is 2.76. The van der Waals surface area contributed by atoms with E-state index in [1.54, 1.807) is 7.11 Å². The van der Waals surface area contributed by atoms with E-state index < -0.39 is 0 Å². The van der Waals surface area contributed by atoms with E-state index >= 15 is 0 Å². The largest absolute Gasteiger partial charge is 0.497 e. The molecule has 134 valence electrons. The molecular weight excluding hydrogens is 370 g/mol. The van der Waals surface area contributed by atoms with Gasteiger partial charge in [-0.15, -0.1) is 5.10 Å². The van der Waals surface area contributed by atoms with Gasteiger partial charge in [-0.2, -0.15) is 5.10 Å². The maximum absolute atomic E-state index is 12.1. The first-order valence-corrected chi connectivity index (χ1v) is 9.29. The van der Waals surface area contributed by atoms with Crippen LogP contribution in [0.2, 0.25) is 5.02 Å². The summed E-state index contributed by atoms with van der Waals surface area (Å²) in [6.45, 7) is 1.87. The predicted octanol–water partition coefficient (Wildman–Crippen LogP) is 3.90. The molecule has 2 aromatic rings. The van der Waals surface area contributed by atoms with Crippen molar-refractivity contribution < 1.29 is 9.53 Å². The van der Waals surface area contributed by atoms with Gasteiger partial charge in [0.05, 0.1) is 18.1 Å². The molecule has 0 aromatic heterocycles. The monoisotopic (exact) mass is 387 g/mol. The Morgan fingerprint density at radius 1 is 1.19 bits per heavy atom. The molecule has 1 saturated heterocycles. The molecule has 5 nitrogen and oxygen atoms in total. The van der Waals surface area contributed by atoms with Crippen LogP contribution in [-0.4, -0.2) is 29.1 Å². The topological polar surface area (TPSA) is 63.1 Å². The minimum absolute atomic E-state index is 0.0546. The van der Waals surface area contributed by atoms with Crippen molar-refractivity contribution in [3.63, 3.8) is 0 Å². The fourth-order valence-electron chi connectivity index (χ4n) is 2.43. The van der Waals surface area contributed by atoms with E-state index in [2.05, 4.69) is 15.5 Å². The van der Waals surface area contributed by atoms with Gasteiger partial charge in [-0.1, -0.05) is 35.5 Å². The van der Waals surface area contributed by atoms with Gasteiger partial charge >= 0.3 is 0 Å². The van der Waals surface area contributed by atoms with Crippen LogP contribution < -0.4 is 10.1 Å². The van der Waals surface area contributed by atoms with Crippen molar-refractivity contribution in [2.45, 2.75) is 18.6 Å². The molecule has 1 fully saturated rings. The second-order valence-electron chi connectivity index (χ2n) is 5.75. The Morgan fingerprint density at radius 2 is 1.88 bits per heavy atom. The van der Waals surface area contributed by atoms with E-state index in [1.807, 2.05) is 55.5 Å². The SMILES string of the molecule is COc1ccc(C(C)=N/N=C2\NC(=O)C(Cc3ccc(Cl)cc3)S2)cc1. The summed E-state index contributed by atoms with van der Waals surface area (Å²) in [5, 5.41) is 12.2. The quantitative estimate of drug-likeness (QED) is 0.625. The molecule has 1 heterocycles. The number of hydrogen-bond acceptors (Lipinski definition) is 5. The number of amides is 1. The smallest absolute Gasteiger partial charge is 0.239 e. The van der Waals surface area contributed by atoms with Crippen molar-refractivity contribution in [1.82, 2.24) is 5.32 Å². The molecule has 3 rings (SSSR count). The van der Waals surface area contributed by atoms with Crippen LogP contribution in [0.25, 0.3) is 0 Å². The number of benzene rings is 2. The van der Waals surface area contributed by atoms with Crippen molar-refractivity contribution >= 4 is 40.1 Å². The maximum atomic E-state index is 12.1. The number of halogens is 1. The zero-order valence-corrected chi connectivity index (χ0v) is 16.0. The highest BCUT2D eigenvalue weighted by Crippen LogP contribution is 2.24. The number of thioether (sulfide) groups is 1. The molecule has 1 aliphatic rings. The highest BCUT2D eigenvalue weighted by Gasteiger charge is 2.30. The van der Waals surface area contributed by atoms with E-state index in [9.17, 15) is 4.79 Å². The van der Waals surface area contributed by atoms with Crippen LogP contribution in [0.5, 0.6) is 5.75 Å². The molecule has 1 N–H and O–H groups in total. The van der Waals surface area contributed by atoms with Crippen LogP contribution in [0.1, 0.15) is 18.1 Å². The standard InChI is InChI=1S/C19H18ClN3O2S/c1-12(14-5-9-16(25-2)10-6-14)22-23-19-21-18(24)17(26-19)11-13-3-7-15(20)8-4-13/h3-10,17H,11H2,1-2H3,(H,21,23,24). The van der Waals surface area contributed by atoms with E-state index in [-0.39, 0.29) is 11.2 Å². The number of amidine groups is 1. The van der Waals surface area contributed by atoms with E-state index in [1.165, 1.54) is 11.8 Å². The number of hydrogen-bond donors (Lipinski definition) is 1. The van der Waals surface area contributed by atoms with Gasteiger partial charge in [-0.05, 0) is 60.9 Å². The lowest BCUT2D eigenvalue weighted by molar-refractivity contribution is -0.118. The Bertz CT molecular complexity index is 848. The third kappa shape index (κ3) is 4.65. The molecule has 0 bridgehead atoms. The highest BCUT2D eigenvalue weighted by molar-refractivity contribution is 8.15. The van der Waals surface area contributed by atoms with Gasteiger partial charge in [0.1, 0.15) is 5.75 Å². The lowest BCUT2D eigenvalue weighted by atomic mass is 10.1. The fourth-order valence-corrected chi connectivity index (χ4v) is 3.52. The van der Waals surface area contributed by atoms with Crippen molar-refractivity contribution in [2.75, 3.05) is 7.11 Å². The van der Waals surface area contributed by atoms with Gasteiger partial charge in [0.15, 0.2) is 5.17 Å². The minimum atomic E-state index is -0.216. The van der Waals surface area contributed by atoms with Crippen LogP contribution in [0, 0.1) is 0 Å². The zero-order valence-electron chi connectivity index (χ0n) is 14.4. The molecule has 7 heteroatoms. The van der Waals surface area contributed by atoms with Gasteiger partial charge in [0.25, 0.3) is 0 Å². The van der Waals surface area contributed by atoms with Crippen LogP contribution >= 0.6 is 23.4 Å². The summed E-state index contributed by atoms with van der Waals surface area (Å²) in [5.74, 6) is 0.734. The van der Waals surface area contributed by atoms with Crippen LogP contribution in [0.15, 0.2) is 58.7 Å². The minimum Gasteiger partial charge on any atom is -0.497 e. The molecule has 2 aromatic carbocycles. The zero-order chi connectivity index (χ0) is 18.5. The molecule has 1 amide bonds. The average molecular weight is 388 g/mol. The number of carbonyl (C=O) groups excluding carboxylic acids is 1. The molecule has 1 aliphatic heterocycles. The molecule has 1 atom stereocenters. The number of nitrogens with one attached hydrogen (secondary N) is 1. The Labute approximate surface area is 161 Å². The molecule has 0 saturated carbocycles. The molecule has 26 heavy (non-hydrogen) atoms. The second-order valence-corrected chi connectivity index (χ2v) is 7.37. The van der Waals surface area contributed by atoms with Crippen LogP contribution in [0.4, 0.5) is 0 Å². The number of nitrogens with zero attached hydrogens (tertiary/aromatic N) is 2. The summed E-state index contributed by atoms with van der Waals surface area (Å²) < 4.78 is 5.14. The Morgan fingerprint density at radius 3 is 2.54 bits per heavy atom. The summed E-state index contributed by atoms with van der Waals surface area (Å²) in [6.07, 6.45) is 0.619. The summed E-state index contributed by atoms with van der Waals surface area (Å²) >= 11 is 7.28. The van der Waals surface area contributed by atoms with E-state index in [0.29, 0.717) is 16.6 Å². The Kier molecular flexibility index (Phi) is 5.96. The van der Waals surface area contributed by atoms with Gasteiger partial charge < -0.3 is 10.1 Å². The number of methoxy groups -OCH3 is 1. The summed E-state index contributed by atoms with van der Waals surface area (Å²) in [6, 6.07) is 15.1. The lowest BCUT2D eigenvalue weighted by Gasteiger charge is -2.05. The maximum Gasteiger partial charge on any atom is 0.239 e. The molecule has 0 aliphatic carbocycles. The lowest BCUT2D eigenvalue weighted by Crippen LogP contribution is -2.25. The highest BCUT2D eigenvalue weighted by atomic mass is 35.5. The number of carbonyl (C=O) groups is 1. The third-order valence-corrected chi connectivity index (χ3v) is 5.23.